The molecule has 0 atom stereocenters. The second kappa shape index (κ2) is 5.97. The molecule has 0 aromatic heterocycles. The molecule has 0 aliphatic heterocycles. The highest BCUT2D eigenvalue weighted by Gasteiger charge is 2.08. The van der Waals surface area contributed by atoms with Crippen LogP contribution in [0.4, 0.5) is 11.4 Å². The molecule has 6 heteroatoms. The molecule has 5 nitrogen and oxygen atoms in total. The smallest absolute Gasteiger partial charge is 0.255 e. The fourth-order valence-electron chi connectivity index (χ4n) is 1.78. The second-order valence-corrected chi connectivity index (χ2v) is 6.52. The van der Waals surface area contributed by atoms with E-state index >= 15 is 0 Å². The van der Waals surface area contributed by atoms with Crippen molar-refractivity contribution in [2.24, 2.45) is 0 Å². The molecule has 0 unspecified atom stereocenters. The third kappa shape index (κ3) is 4.61. The van der Waals surface area contributed by atoms with E-state index in [1.165, 1.54) is 6.07 Å². The van der Waals surface area contributed by atoms with Crippen LogP contribution < -0.4 is 10.0 Å². The lowest BCUT2D eigenvalue weighted by atomic mass is 10.2. The Kier molecular flexibility index (Phi) is 4.28. The van der Waals surface area contributed by atoms with Gasteiger partial charge in [0.05, 0.1) is 6.26 Å². The number of carbonyl (C=O) groups excluding carboxylic acids is 1. The summed E-state index contributed by atoms with van der Waals surface area (Å²) in [5.74, 6) is -0.295. The number of aryl methyl sites for hydroxylation is 1. The van der Waals surface area contributed by atoms with Crippen molar-refractivity contribution in [3.63, 3.8) is 0 Å². The second-order valence-electron chi connectivity index (χ2n) is 4.78. The van der Waals surface area contributed by atoms with Crippen molar-refractivity contribution in [2.45, 2.75) is 6.92 Å². The molecule has 1 amide bonds. The van der Waals surface area contributed by atoms with Gasteiger partial charge in [-0.2, -0.15) is 0 Å². The highest BCUT2D eigenvalue weighted by atomic mass is 32.2. The maximum Gasteiger partial charge on any atom is 0.255 e. The molecule has 0 radical (unpaired) electrons. The summed E-state index contributed by atoms with van der Waals surface area (Å²) < 4.78 is 24.7. The standard InChI is InChI=1S/C15H16N2O3S/c1-11-6-8-13(9-7-11)16-15(18)12-4-3-5-14(10-12)17-21(2,19)20/h3-10,17H,1-2H3,(H,16,18). The zero-order valence-electron chi connectivity index (χ0n) is 11.8. The molecular weight excluding hydrogens is 288 g/mol. The van der Waals surface area contributed by atoms with Crippen molar-refractivity contribution >= 4 is 27.3 Å². The van der Waals surface area contributed by atoms with Gasteiger partial charge >= 0.3 is 0 Å². The minimum absolute atomic E-state index is 0.295. The lowest BCUT2D eigenvalue weighted by Gasteiger charge is -2.08. The molecule has 21 heavy (non-hydrogen) atoms. The molecule has 2 N–H and O–H groups in total. The van der Waals surface area contributed by atoms with Gasteiger partial charge in [-0.25, -0.2) is 8.42 Å². The minimum atomic E-state index is -3.36. The number of carbonyl (C=O) groups is 1. The molecule has 0 aliphatic rings. The number of amides is 1. The van der Waals surface area contributed by atoms with E-state index in [0.717, 1.165) is 11.8 Å². The summed E-state index contributed by atoms with van der Waals surface area (Å²) in [6.07, 6.45) is 1.06. The number of nitrogens with one attached hydrogen (secondary N) is 2. The van der Waals surface area contributed by atoms with Gasteiger partial charge < -0.3 is 5.32 Å². The van der Waals surface area contributed by atoms with E-state index in [-0.39, 0.29) is 5.91 Å². The van der Waals surface area contributed by atoms with Gasteiger partial charge in [0.2, 0.25) is 10.0 Å². The maximum atomic E-state index is 12.1. The van der Waals surface area contributed by atoms with Gasteiger partial charge in [0.25, 0.3) is 5.91 Å². The molecule has 2 rings (SSSR count). The van der Waals surface area contributed by atoms with Gasteiger partial charge in [0, 0.05) is 16.9 Å². The molecule has 0 aliphatic carbocycles. The average Bonchev–Trinajstić information content (AvgIpc) is 2.40. The summed E-state index contributed by atoms with van der Waals surface area (Å²) in [6.45, 7) is 1.96. The van der Waals surface area contributed by atoms with E-state index in [1.807, 2.05) is 31.2 Å². The van der Waals surface area contributed by atoms with Crippen molar-refractivity contribution in [1.82, 2.24) is 0 Å². The number of sulfonamides is 1. The SMILES string of the molecule is Cc1ccc(NC(=O)c2cccc(NS(C)(=O)=O)c2)cc1. The predicted octanol–water partition coefficient (Wildman–Crippen LogP) is 2.62. The van der Waals surface area contributed by atoms with E-state index in [0.29, 0.717) is 16.9 Å². The van der Waals surface area contributed by atoms with Crippen molar-refractivity contribution < 1.29 is 13.2 Å². The lowest BCUT2D eigenvalue weighted by molar-refractivity contribution is 0.102. The first-order valence-corrected chi connectivity index (χ1v) is 8.18. The topological polar surface area (TPSA) is 75.3 Å². The monoisotopic (exact) mass is 304 g/mol. The summed E-state index contributed by atoms with van der Waals surface area (Å²) >= 11 is 0. The largest absolute Gasteiger partial charge is 0.322 e. The van der Waals surface area contributed by atoms with Crippen LogP contribution >= 0.6 is 0 Å². The van der Waals surface area contributed by atoms with E-state index in [1.54, 1.807) is 18.2 Å². The van der Waals surface area contributed by atoms with Crippen LogP contribution in [0.1, 0.15) is 15.9 Å². The summed E-state index contributed by atoms with van der Waals surface area (Å²) in [5, 5.41) is 2.76. The molecule has 0 spiro atoms. The third-order valence-corrected chi connectivity index (χ3v) is 3.34. The van der Waals surface area contributed by atoms with Crippen LogP contribution in [0, 0.1) is 6.92 Å². The van der Waals surface area contributed by atoms with Crippen LogP contribution in [0.25, 0.3) is 0 Å². The van der Waals surface area contributed by atoms with Gasteiger partial charge in [-0.1, -0.05) is 23.8 Å². The molecule has 0 fully saturated rings. The summed E-state index contributed by atoms with van der Waals surface area (Å²) in [6, 6.07) is 13.7. The summed E-state index contributed by atoms with van der Waals surface area (Å²) in [7, 11) is -3.36. The Morgan fingerprint density at radius 2 is 1.67 bits per heavy atom. The summed E-state index contributed by atoms with van der Waals surface area (Å²) in [5.41, 5.74) is 2.53. The van der Waals surface area contributed by atoms with Gasteiger partial charge in [-0.05, 0) is 37.3 Å². The Labute approximate surface area is 124 Å². The molecule has 2 aromatic rings. The molecule has 0 heterocycles. The average molecular weight is 304 g/mol. The van der Waals surface area contributed by atoms with Gasteiger partial charge in [0.1, 0.15) is 0 Å². The first-order chi connectivity index (χ1) is 9.83. The van der Waals surface area contributed by atoms with Gasteiger partial charge in [0.15, 0.2) is 0 Å². The van der Waals surface area contributed by atoms with E-state index < -0.39 is 10.0 Å². The Morgan fingerprint density at radius 1 is 1.00 bits per heavy atom. The molecular formula is C15H16N2O3S. The minimum Gasteiger partial charge on any atom is -0.322 e. The Hall–Kier alpha value is -2.34. The highest BCUT2D eigenvalue weighted by Crippen LogP contribution is 2.15. The van der Waals surface area contributed by atoms with E-state index in [2.05, 4.69) is 10.0 Å². The Bertz CT molecular complexity index is 753. The first kappa shape index (κ1) is 15.1. The fraction of sp³-hybridized carbons (Fsp3) is 0.133. The van der Waals surface area contributed by atoms with Gasteiger partial charge in [-0.3, -0.25) is 9.52 Å². The quantitative estimate of drug-likeness (QED) is 0.911. The zero-order valence-corrected chi connectivity index (χ0v) is 12.6. The Morgan fingerprint density at radius 3 is 2.29 bits per heavy atom. The number of anilines is 2. The molecule has 110 valence electrons. The molecule has 0 saturated heterocycles. The van der Waals surface area contributed by atoms with Crippen LogP contribution in [0.2, 0.25) is 0 Å². The van der Waals surface area contributed by atoms with Gasteiger partial charge in [-0.15, -0.1) is 0 Å². The number of hydrogen-bond acceptors (Lipinski definition) is 3. The maximum absolute atomic E-state index is 12.1. The normalized spacial score (nSPS) is 11.0. The van der Waals surface area contributed by atoms with Crippen molar-refractivity contribution in [1.29, 1.82) is 0 Å². The van der Waals surface area contributed by atoms with Crippen LogP contribution in [0.5, 0.6) is 0 Å². The van der Waals surface area contributed by atoms with Crippen molar-refractivity contribution in [3.8, 4) is 0 Å². The highest BCUT2D eigenvalue weighted by molar-refractivity contribution is 7.92. The zero-order chi connectivity index (χ0) is 15.5. The van der Waals surface area contributed by atoms with Crippen molar-refractivity contribution in [2.75, 3.05) is 16.3 Å². The fourth-order valence-corrected chi connectivity index (χ4v) is 2.33. The van der Waals surface area contributed by atoms with Crippen molar-refractivity contribution in [3.05, 3.63) is 59.7 Å². The molecule has 2 aromatic carbocycles. The van der Waals surface area contributed by atoms with E-state index in [9.17, 15) is 13.2 Å². The number of benzene rings is 2. The summed E-state index contributed by atoms with van der Waals surface area (Å²) in [4.78, 5) is 12.1. The molecule has 0 saturated carbocycles. The molecule has 0 bridgehead atoms. The van der Waals surface area contributed by atoms with Crippen LogP contribution in [0.15, 0.2) is 48.5 Å². The number of rotatable bonds is 4. The lowest BCUT2D eigenvalue weighted by Crippen LogP contribution is -2.13. The van der Waals surface area contributed by atoms with Crippen LogP contribution in [0.3, 0.4) is 0 Å². The predicted molar refractivity (Wildman–Crippen MR) is 84.0 cm³/mol. The third-order valence-electron chi connectivity index (χ3n) is 2.74. The first-order valence-electron chi connectivity index (χ1n) is 6.29. The van der Waals surface area contributed by atoms with Crippen LogP contribution in [-0.4, -0.2) is 20.6 Å². The Balaban J connectivity index is 2.16. The number of hydrogen-bond donors (Lipinski definition) is 2. The van der Waals surface area contributed by atoms with E-state index in [4.69, 9.17) is 0 Å². The van der Waals surface area contributed by atoms with Crippen LogP contribution in [-0.2, 0) is 10.0 Å².